The Morgan fingerprint density at radius 1 is 1.26 bits per heavy atom. The number of benzene rings is 1. The summed E-state index contributed by atoms with van der Waals surface area (Å²) in [5.41, 5.74) is 0.937. The van der Waals surface area contributed by atoms with Gasteiger partial charge in [0.2, 0.25) is 11.8 Å². The number of hydrogen-bond acceptors (Lipinski definition) is 3. The molecule has 0 aromatic heterocycles. The number of hydrogen-bond donors (Lipinski definition) is 2. The van der Waals surface area contributed by atoms with Crippen molar-refractivity contribution in [2.24, 2.45) is 5.92 Å². The predicted octanol–water partition coefficient (Wildman–Crippen LogP) is 1.67. The van der Waals surface area contributed by atoms with Crippen molar-refractivity contribution >= 4 is 11.8 Å². The average Bonchev–Trinajstić information content (AvgIpc) is 3.04. The van der Waals surface area contributed by atoms with Crippen LogP contribution in [-0.4, -0.2) is 37.1 Å². The quantitative estimate of drug-likeness (QED) is 0.803. The molecule has 1 aliphatic heterocycles. The minimum absolute atomic E-state index is 0.0271. The maximum atomic E-state index is 12.3. The van der Waals surface area contributed by atoms with Crippen LogP contribution >= 0.6 is 0 Å². The Balaban J connectivity index is 1.84. The first-order valence-electron chi connectivity index (χ1n) is 8.29. The van der Waals surface area contributed by atoms with Gasteiger partial charge in [-0.3, -0.25) is 9.59 Å². The van der Waals surface area contributed by atoms with Crippen LogP contribution in [0.25, 0.3) is 0 Å². The van der Waals surface area contributed by atoms with Crippen molar-refractivity contribution in [1.82, 2.24) is 10.6 Å². The highest BCUT2D eigenvalue weighted by molar-refractivity contribution is 5.88. The molecule has 2 atom stereocenters. The van der Waals surface area contributed by atoms with Crippen LogP contribution in [0.2, 0.25) is 0 Å². The van der Waals surface area contributed by atoms with E-state index in [0.29, 0.717) is 6.54 Å². The summed E-state index contributed by atoms with van der Waals surface area (Å²) in [6.45, 7) is 5.14. The Kier molecular flexibility index (Phi) is 6.59. The lowest BCUT2D eigenvalue weighted by Gasteiger charge is -2.22. The monoisotopic (exact) mass is 318 g/mol. The van der Waals surface area contributed by atoms with Crippen LogP contribution < -0.4 is 10.6 Å². The highest BCUT2D eigenvalue weighted by atomic mass is 16.5. The molecular formula is C18H26N2O3. The Hall–Kier alpha value is -1.88. The van der Waals surface area contributed by atoms with Gasteiger partial charge in [-0.05, 0) is 24.3 Å². The fourth-order valence-electron chi connectivity index (χ4n) is 2.67. The summed E-state index contributed by atoms with van der Waals surface area (Å²) < 4.78 is 5.50. The second-order valence-corrected chi connectivity index (χ2v) is 6.33. The van der Waals surface area contributed by atoms with Gasteiger partial charge < -0.3 is 15.4 Å². The summed E-state index contributed by atoms with van der Waals surface area (Å²) in [5, 5.41) is 5.74. The van der Waals surface area contributed by atoms with E-state index < -0.39 is 6.04 Å². The molecule has 23 heavy (non-hydrogen) atoms. The molecule has 2 N–H and O–H groups in total. The minimum atomic E-state index is -0.521. The number of nitrogens with one attached hydrogen (secondary N) is 2. The first-order valence-corrected chi connectivity index (χ1v) is 8.29. The van der Waals surface area contributed by atoms with Crippen LogP contribution in [0.4, 0.5) is 0 Å². The Morgan fingerprint density at radius 3 is 2.61 bits per heavy atom. The zero-order valence-electron chi connectivity index (χ0n) is 13.9. The Bertz CT molecular complexity index is 510. The van der Waals surface area contributed by atoms with E-state index in [2.05, 4.69) is 10.6 Å². The molecule has 126 valence electrons. The second-order valence-electron chi connectivity index (χ2n) is 6.33. The molecular weight excluding hydrogens is 292 g/mol. The number of ether oxygens (including phenoxy) is 1. The summed E-state index contributed by atoms with van der Waals surface area (Å²) in [4.78, 5) is 24.5. The van der Waals surface area contributed by atoms with E-state index in [4.69, 9.17) is 4.74 Å². The number of rotatable bonds is 7. The van der Waals surface area contributed by atoms with Crippen LogP contribution in [0.5, 0.6) is 0 Å². The average molecular weight is 318 g/mol. The summed E-state index contributed by atoms with van der Waals surface area (Å²) in [6, 6.07) is 9.00. The maximum Gasteiger partial charge on any atom is 0.242 e. The molecule has 2 rings (SSSR count). The Morgan fingerprint density at radius 2 is 2.00 bits per heavy atom. The molecule has 0 radical (unpaired) electrons. The fourth-order valence-corrected chi connectivity index (χ4v) is 2.67. The van der Waals surface area contributed by atoms with Crippen LogP contribution in [0, 0.1) is 5.92 Å². The summed E-state index contributed by atoms with van der Waals surface area (Å²) in [7, 11) is 0. The van der Waals surface area contributed by atoms with Gasteiger partial charge in [-0.15, -0.1) is 0 Å². The molecule has 5 nitrogen and oxygen atoms in total. The second kappa shape index (κ2) is 8.67. The van der Waals surface area contributed by atoms with Gasteiger partial charge in [-0.1, -0.05) is 44.2 Å². The molecule has 1 aromatic carbocycles. The van der Waals surface area contributed by atoms with Crippen LogP contribution in [0.15, 0.2) is 30.3 Å². The largest absolute Gasteiger partial charge is 0.376 e. The first kappa shape index (κ1) is 17.5. The molecule has 1 aliphatic rings. The zero-order chi connectivity index (χ0) is 16.7. The summed E-state index contributed by atoms with van der Waals surface area (Å²) in [5.74, 6) is -0.252. The molecule has 2 amide bonds. The van der Waals surface area contributed by atoms with E-state index >= 15 is 0 Å². The first-order chi connectivity index (χ1) is 11.1. The van der Waals surface area contributed by atoms with Gasteiger partial charge in [0.25, 0.3) is 0 Å². The van der Waals surface area contributed by atoms with Gasteiger partial charge in [0.05, 0.1) is 12.5 Å². The van der Waals surface area contributed by atoms with Crippen molar-refractivity contribution in [3.63, 3.8) is 0 Å². The molecule has 1 heterocycles. The third-order valence-corrected chi connectivity index (χ3v) is 4.00. The van der Waals surface area contributed by atoms with E-state index in [1.807, 2.05) is 44.2 Å². The van der Waals surface area contributed by atoms with Gasteiger partial charge in [0, 0.05) is 13.2 Å². The van der Waals surface area contributed by atoms with Crippen LogP contribution in [0.1, 0.15) is 32.3 Å². The lowest BCUT2D eigenvalue weighted by atomic mass is 10.0. The molecule has 1 fully saturated rings. The predicted molar refractivity (Wildman–Crippen MR) is 88.9 cm³/mol. The van der Waals surface area contributed by atoms with E-state index in [9.17, 15) is 9.59 Å². The van der Waals surface area contributed by atoms with Gasteiger partial charge in [-0.2, -0.15) is 0 Å². The zero-order valence-corrected chi connectivity index (χ0v) is 13.9. The van der Waals surface area contributed by atoms with Crippen molar-refractivity contribution in [1.29, 1.82) is 0 Å². The van der Waals surface area contributed by atoms with Crippen LogP contribution in [-0.2, 0) is 20.7 Å². The molecule has 0 spiro atoms. The highest BCUT2D eigenvalue weighted by Gasteiger charge is 2.25. The number of amides is 2. The minimum Gasteiger partial charge on any atom is -0.376 e. The smallest absolute Gasteiger partial charge is 0.242 e. The molecule has 5 heteroatoms. The van der Waals surface area contributed by atoms with Crippen molar-refractivity contribution in [3.05, 3.63) is 35.9 Å². The third kappa shape index (κ3) is 5.67. The van der Waals surface area contributed by atoms with E-state index in [-0.39, 0.29) is 30.3 Å². The van der Waals surface area contributed by atoms with Crippen LogP contribution in [0.3, 0.4) is 0 Å². The standard InChI is InChI=1S/C18H26N2O3/c1-13(2)17(18(22)19-12-15-9-6-10-23-15)20-16(21)11-14-7-4-3-5-8-14/h3-5,7-8,13,15,17H,6,9-12H2,1-2H3,(H,19,22)(H,20,21)/t15-,17-/m0/s1. The lowest BCUT2D eigenvalue weighted by molar-refractivity contribution is -0.130. The normalized spacial score (nSPS) is 18.7. The SMILES string of the molecule is CC(C)[C@H](NC(=O)Cc1ccccc1)C(=O)NC[C@@H]1CCCO1. The summed E-state index contributed by atoms with van der Waals surface area (Å²) >= 11 is 0. The lowest BCUT2D eigenvalue weighted by Crippen LogP contribution is -2.51. The van der Waals surface area contributed by atoms with Crippen molar-refractivity contribution in [2.75, 3.05) is 13.2 Å². The van der Waals surface area contributed by atoms with Gasteiger partial charge in [0.15, 0.2) is 0 Å². The molecule has 0 bridgehead atoms. The summed E-state index contributed by atoms with van der Waals surface area (Å²) in [6.07, 6.45) is 2.41. The molecule has 0 aliphatic carbocycles. The van der Waals surface area contributed by atoms with Gasteiger partial charge in [-0.25, -0.2) is 0 Å². The van der Waals surface area contributed by atoms with Crippen molar-refractivity contribution in [3.8, 4) is 0 Å². The molecule has 1 saturated heterocycles. The van der Waals surface area contributed by atoms with E-state index in [0.717, 1.165) is 25.0 Å². The molecule has 0 saturated carbocycles. The third-order valence-electron chi connectivity index (χ3n) is 4.00. The molecule has 0 unspecified atom stereocenters. The fraction of sp³-hybridized carbons (Fsp3) is 0.556. The topological polar surface area (TPSA) is 67.4 Å². The van der Waals surface area contributed by atoms with Gasteiger partial charge >= 0.3 is 0 Å². The van der Waals surface area contributed by atoms with Gasteiger partial charge in [0.1, 0.15) is 6.04 Å². The van der Waals surface area contributed by atoms with E-state index in [1.54, 1.807) is 0 Å². The van der Waals surface area contributed by atoms with Crippen molar-refractivity contribution in [2.45, 2.75) is 45.3 Å². The number of carbonyl (C=O) groups excluding carboxylic acids is 2. The number of carbonyl (C=O) groups is 2. The maximum absolute atomic E-state index is 12.3. The molecule has 1 aromatic rings. The highest BCUT2D eigenvalue weighted by Crippen LogP contribution is 2.11. The van der Waals surface area contributed by atoms with E-state index in [1.165, 1.54) is 0 Å². The van der Waals surface area contributed by atoms with Crippen molar-refractivity contribution < 1.29 is 14.3 Å². The Labute approximate surface area is 137 Å².